The van der Waals surface area contributed by atoms with Crippen LogP contribution in [0.15, 0.2) is 24.3 Å². The average Bonchev–Trinajstić information content (AvgIpc) is 3.32. The third-order valence-electron chi connectivity index (χ3n) is 5.58. The molecular formula is C19H25FN2O3. The summed E-state index contributed by atoms with van der Waals surface area (Å²) in [6, 6.07) is 6.21. The van der Waals surface area contributed by atoms with Crippen LogP contribution in [0.1, 0.15) is 37.7 Å². The Hall–Kier alpha value is -1.95. The zero-order chi connectivity index (χ0) is 18.1. The number of amides is 2. The van der Waals surface area contributed by atoms with Crippen LogP contribution >= 0.6 is 0 Å². The summed E-state index contributed by atoms with van der Waals surface area (Å²) in [5.74, 6) is -0.359. The summed E-state index contributed by atoms with van der Waals surface area (Å²) in [6.45, 7) is 0.966. The number of likely N-dealkylation sites (tertiary alicyclic amines) is 1. The van der Waals surface area contributed by atoms with Crippen molar-refractivity contribution in [1.82, 2.24) is 10.2 Å². The molecule has 1 heterocycles. The van der Waals surface area contributed by atoms with E-state index < -0.39 is 11.0 Å². The molecule has 0 spiro atoms. The highest BCUT2D eigenvalue weighted by molar-refractivity contribution is 5.92. The highest BCUT2D eigenvalue weighted by Crippen LogP contribution is 2.51. The van der Waals surface area contributed by atoms with Gasteiger partial charge in [0.1, 0.15) is 5.82 Å². The number of nitrogens with one attached hydrogen (secondary N) is 1. The zero-order valence-electron chi connectivity index (χ0n) is 14.8. The Bertz CT molecular complexity index is 657. The molecule has 2 amide bonds. The SMILES string of the molecule is CNC(=O)C[C@@]1(COC)CCCN1C(=O)C1(c2ccc(F)cc2)CC1. The van der Waals surface area contributed by atoms with Crippen molar-refractivity contribution in [2.24, 2.45) is 0 Å². The highest BCUT2D eigenvalue weighted by Gasteiger charge is 2.57. The summed E-state index contributed by atoms with van der Waals surface area (Å²) in [4.78, 5) is 27.3. The van der Waals surface area contributed by atoms with Gasteiger partial charge in [-0.05, 0) is 43.4 Å². The summed E-state index contributed by atoms with van der Waals surface area (Å²) in [5, 5.41) is 2.65. The minimum Gasteiger partial charge on any atom is -0.382 e. The minimum atomic E-state index is -0.596. The molecule has 1 aliphatic heterocycles. The lowest BCUT2D eigenvalue weighted by Gasteiger charge is -2.39. The van der Waals surface area contributed by atoms with Crippen LogP contribution in [0.5, 0.6) is 0 Å². The van der Waals surface area contributed by atoms with Crippen molar-refractivity contribution in [1.29, 1.82) is 0 Å². The molecule has 1 N–H and O–H groups in total. The number of carbonyl (C=O) groups excluding carboxylic acids is 2. The molecule has 136 valence electrons. The number of halogens is 1. The van der Waals surface area contributed by atoms with Crippen molar-refractivity contribution in [3.8, 4) is 0 Å². The zero-order valence-corrected chi connectivity index (χ0v) is 14.8. The van der Waals surface area contributed by atoms with E-state index in [1.54, 1.807) is 26.3 Å². The lowest BCUT2D eigenvalue weighted by atomic mass is 9.88. The van der Waals surface area contributed by atoms with Gasteiger partial charge in [-0.25, -0.2) is 4.39 Å². The molecule has 1 aromatic carbocycles. The first-order valence-corrected chi connectivity index (χ1v) is 8.75. The number of hydrogen-bond donors (Lipinski definition) is 1. The van der Waals surface area contributed by atoms with Gasteiger partial charge in [-0.2, -0.15) is 0 Å². The lowest BCUT2D eigenvalue weighted by Crippen LogP contribution is -2.55. The second-order valence-electron chi connectivity index (χ2n) is 7.16. The van der Waals surface area contributed by atoms with Gasteiger partial charge < -0.3 is 15.0 Å². The molecule has 0 unspecified atom stereocenters. The van der Waals surface area contributed by atoms with E-state index in [0.29, 0.717) is 13.2 Å². The highest BCUT2D eigenvalue weighted by atomic mass is 19.1. The monoisotopic (exact) mass is 348 g/mol. The second kappa shape index (κ2) is 6.75. The third-order valence-corrected chi connectivity index (χ3v) is 5.58. The van der Waals surface area contributed by atoms with E-state index in [-0.39, 0.29) is 24.1 Å². The van der Waals surface area contributed by atoms with Crippen LogP contribution in [-0.4, -0.2) is 49.6 Å². The quantitative estimate of drug-likeness (QED) is 0.855. The first-order valence-electron chi connectivity index (χ1n) is 8.75. The molecule has 0 bridgehead atoms. The summed E-state index contributed by atoms with van der Waals surface area (Å²) in [7, 11) is 3.20. The van der Waals surface area contributed by atoms with E-state index in [2.05, 4.69) is 5.32 Å². The number of benzene rings is 1. The molecule has 2 fully saturated rings. The van der Waals surface area contributed by atoms with Crippen LogP contribution in [0.25, 0.3) is 0 Å². The molecule has 2 aliphatic rings. The number of ether oxygens (including phenoxy) is 1. The maximum Gasteiger partial charge on any atom is 0.233 e. The Kier molecular flexibility index (Phi) is 4.82. The van der Waals surface area contributed by atoms with Crippen LogP contribution in [0, 0.1) is 5.82 Å². The molecule has 25 heavy (non-hydrogen) atoms. The molecule has 1 atom stereocenters. The molecule has 0 aromatic heterocycles. The predicted molar refractivity (Wildman–Crippen MR) is 91.5 cm³/mol. The first-order chi connectivity index (χ1) is 12.0. The molecule has 3 rings (SSSR count). The van der Waals surface area contributed by atoms with Gasteiger partial charge in [0.05, 0.1) is 24.0 Å². The Morgan fingerprint density at radius 1 is 1.24 bits per heavy atom. The van der Waals surface area contributed by atoms with Gasteiger partial charge in [0.2, 0.25) is 11.8 Å². The minimum absolute atomic E-state index is 0.0394. The fourth-order valence-electron chi connectivity index (χ4n) is 4.07. The van der Waals surface area contributed by atoms with Crippen molar-refractivity contribution < 1.29 is 18.7 Å². The maximum atomic E-state index is 13.4. The number of carbonyl (C=O) groups is 2. The summed E-state index contributed by atoms with van der Waals surface area (Å²) in [6.07, 6.45) is 3.36. The van der Waals surface area contributed by atoms with Gasteiger partial charge in [-0.3, -0.25) is 9.59 Å². The van der Waals surface area contributed by atoms with Gasteiger partial charge in [-0.1, -0.05) is 12.1 Å². The molecule has 1 saturated heterocycles. The molecule has 1 aromatic rings. The van der Waals surface area contributed by atoms with Crippen LogP contribution in [-0.2, 0) is 19.7 Å². The van der Waals surface area contributed by atoms with Gasteiger partial charge in [0.25, 0.3) is 0 Å². The van der Waals surface area contributed by atoms with Gasteiger partial charge in [0, 0.05) is 20.7 Å². The first kappa shape index (κ1) is 17.9. The Balaban J connectivity index is 1.89. The molecular weight excluding hydrogens is 323 g/mol. The molecule has 0 radical (unpaired) electrons. The van der Waals surface area contributed by atoms with Crippen molar-refractivity contribution in [2.45, 2.75) is 43.1 Å². The van der Waals surface area contributed by atoms with Crippen LogP contribution < -0.4 is 5.32 Å². The standard InChI is InChI=1S/C19H25FN2O3/c1-21-16(23)12-18(13-25-2)8-3-11-22(18)17(24)19(9-10-19)14-4-6-15(20)7-5-14/h4-7H,3,8-13H2,1-2H3,(H,21,23)/t18-/m1/s1. The van der Waals surface area contributed by atoms with E-state index >= 15 is 0 Å². The van der Waals surface area contributed by atoms with Crippen molar-refractivity contribution in [2.75, 3.05) is 27.3 Å². The Labute approximate surface area is 147 Å². The second-order valence-corrected chi connectivity index (χ2v) is 7.16. The van der Waals surface area contributed by atoms with Crippen LogP contribution in [0.3, 0.4) is 0 Å². The molecule has 1 aliphatic carbocycles. The smallest absolute Gasteiger partial charge is 0.233 e. The maximum absolute atomic E-state index is 13.4. The van der Waals surface area contributed by atoms with Crippen LogP contribution in [0.2, 0.25) is 0 Å². The molecule has 5 nitrogen and oxygen atoms in total. The molecule has 1 saturated carbocycles. The summed E-state index contributed by atoms with van der Waals surface area (Å²) in [5.41, 5.74) is -0.307. The topological polar surface area (TPSA) is 58.6 Å². The van der Waals surface area contributed by atoms with Crippen LogP contribution in [0.4, 0.5) is 4.39 Å². The van der Waals surface area contributed by atoms with E-state index in [9.17, 15) is 14.0 Å². The summed E-state index contributed by atoms with van der Waals surface area (Å²) >= 11 is 0. The van der Waals surface area contributed by atoms with Gasteiger partial charge in [0.15, 0.2) is 0 Å². The van der Waals surface area contributed by atoms with Crippen molar-refractivity contribution >= 4 is 11.8 Å². The fourth-order valence-corrected chi connectivity index (χ4v) is 4.07. The van der Waals surface area contributed by atoms with E-state index in [1.165, 1.54) is 12.1 Å². The molecule has 6 heteroatoms. The Morgan fingerprint density at radius 2 is 1.92 bits per heavy atom. The van der Waals surface area contributed by atoms with Crippen molar-refractivity contribution in [3.63, 3.8) is 0 Å². The fraction of sp³-hybridized carbons (Fsp3) is 0.579. The number of rotatable bonds is 6. The van der Waals surface area contributed by atoms with Gasteiger partial charge in [-0.15, -0.1) is 0 Å². The average molecular weight is 348 g/mol. The summed E-state index contributed by atoms with van der Waals surface area (Å²) < 4.78 is 18.6. The van der Waals surface area contributed by atoms with Crippen molar-refractivity contribution in [3.05, 3.63) is 35.6 Å². The lowest BCUT2D eigenvalue weighted by molar-refractivity contribution is -0.142. The van der Waals surface area contributed by atoms with E-state index in [0.717, 1.165) is 31.2 Å². The Morgan fingerprint density at radius 3 is 2.48 bits per heavy atom. The largest absolute Gasteiger partial charge is 0.382 e. The predicted octanol–water partition coefficient (Wildman–Crippen LogP) is 2.00. The number of hydrogen-bond acceptors (Lipinski definition) is 3. The van der Waals surface area contributed by atoms with E-state index in [1.807, 2.05) is 4.90 Å². The third kappa shape index (κ3) is 3.15. The number of methoxy groups -OCH3 is 1. The van der Waals surface area contributed by atoms with E-state index in [4.69, 9.17) is 4.74 Å². The number of nitrogens with zero attached hydrogens (tertiary/aromatic N) is 1. The van der Waals surface area contributed by atoms with Gasteiger partial charge >= 0.3 is 0 Å². The normalized spacial score (nSPS) is 24.2.